The molecule has 2 aliphatic rings. The van der Waals surface area contributed by atoms with Gasteiger partial charge in [0.1, 0.15) is 5.60 Å². The van der Waals surface area contributed by atoms with Crippen molar-refractivity contribution in [2.75, 3.05) is 23.9 Å². The molecule has 0 aromatic heterocycles. The monoisotopic (exact) mass is 630 g/mol. The zero-order valence-corrected chi connectivity index (χ0v) is 26.3. The fraction of sp³-hybridized carbons (Fsp3) is 0.452. The van der Waals surface area contributed by atoms with Gasteiger partial charge >= 0.3 is 6.09 Å². The first kappa shape index (κ1) is 32.3. The van der Waals surface area contributed by atoms with Crippen LogP contribution in [-0.2, 0) is 19.6 Å². The Bertz CT molecular complexity index is 1460. The van der Waals surface area contributed by atoms with E-state index in [1.165, 1.54) is 27.4 Å². The van der Waals surface area contributed by atoms with Crippen molar-refractivity contribution in [2.45, 2.75) is 75.5 Å². The highest BCUT2D eigenvalue weighted by Gasteiger charge is 2.31. The molecule has 10 nitrogen and oxygen atoms in total. The number of benzene rings is 2. The Hall–Kier alpha value is -3.57. The smallest absolute Gasteiger partial charge is 0.410 e. The predicted molar refractivity (Wildman–Crippen MR) is 166 cm³/mol. The summed E-state index contributed by atoms with van der Waals surface area (Å²) < 4.78 is 34.8. The molecule has 232 valence electrons. The second-order valence-corrected chi connectivity index (χ2v) is 14.0. The average Bonchev–Trinajstić information content (AvgIpc) is 2.94. The quantitative estimate of drug-likeness (QED) is 0.432. The molecule has 0 saturated heterocycles. The maximum atomic E-state index is 14.0. The minimum absolute atomic E-state index is 0.0304. The third-order valence-electron chi connectivity index (χ3n) is 7.27. The summed E-state index contributed by atoms with van der Waals surface area (Å²) in [6.07, 6.45) is 5.83. The number of hydrogen-bond acceptors (Lipinski definition) is 6. The van der Waals surface area contributed by atoms with E-state index in [4.69, 9.17) is 16.3 Å². The molecule has 1 fully saturated rings. The van der Waals surface area contributed by atoms with Crippen LogP contribution >= 0.6 is 11.6 Å². The minimum Gasteiger partial charge on any atom is -0.444 e. The van der Waals surface area contributed by atoms with Gasteiger partial charge in [-0.1, -0.05) is 54.8 Å². The summed E-state index contributed by atoms with van der Waals surface area (Å²) in [5.74, 6) is -0.761. The summed E-state index contributed by atoms with van der Waals surface area (Å²) in [5.41, 5.74) is -0.276. The van der Waals surface area contributed by atoms with Gasteiger partial charge in [-0.3, -0.25) is 13.9 Å². The fourth-order valence-electron chi connectivity index (χ4n) is 5.10. The zero-order valence-electron chi connectivity index (χ0n) is 24.7. The highest BCUT2D eigenvalue weighted by atomic mass is 35.5. The standard InChI is InChI=1S/C31H39ClN4O6S/c1-31(2,3)42-30(39)35-18-9-10-19-36(22-11-5-4-6-12-22)43(40,41)23-15-16-25(32)24(21-23)29(38)34-27-14-8-7-13-26(27)33-28(37)17-20-35/h4-6,9-12,15-16,21,26-27H,7-8,13-14,17-20H2,1-3H3,(H,33,37)(H,34,38)/b10-9+/t26-,27+/m1/s1. The lowest BCUT2D eigenvalue weighted by atomic mass is 9.90. The molecular weight excluding hydrogens is 592 g/mol. The van der Waals surface area contributed by atoms with Gasteiger partial charge in [-0.15, -0.1) is 0 Å². The van der Waals surface area contributed by atoms with Gasteiger partial charge in [0.25, 0.3) is 15.9 Å². The molecule has 4 rings (SSSR count). The number of amides is 3. The second kappa shape index (κ2) is 13.8. The maximum absolute atomic E-state index is 14.0. The summed E-state index contributed by atoms with van der Waals surface area (Å²) in [5, 5.41) is 6.12. The third kappa shape index (κ3) is 8.51. The number of hydrogen-bond donors (Lipinski definition) is 2. The SMILES string of the molecule is CC(C)(C)OC(=O)N1C/C=C/CN(c2ccccc2)S(=O)(=O)c2ccc(Cl)c(c2)C(=O)N[C@H]2CCCC[C@H]2NC(=O)CC1. The Morgan fingerprint density at radius 2 is 1.60 bits per heavy atom. The number of ether oxygens (including phenoxy) is 1. The summed E-state index contributed by atoms with van der Waals surface area (Å²) in [7, 11) is -4.14. The normalized spacial score (nSPS) is 22.7. The lowest BCUT2D eigenvalue weighted by Gasteiger charge is -2.33. The van der Waals surface area contributed by atoms with Crippen molar-refractivity contribution < 1.29 is 27.5 Å². The molecule has 3 amide bonds. The summed E-state index contributed by atoms with van der Waals surface area (Å²) >= 11 is 6.40. The first-order valence-electron chi connectivity index (χ1n) is 14.5. The molecule has 1 heterocycles. The van der Waals surface area contributed by atoms with Gasteiger partial charge < -0.3 is 20.3 Å². The number of sulfonamides is 1. The van der Waals surface area contributed by atoms with E-state index in [1.807, 2.05) is 0 Å². The Labute approximate surface area is 258 Å². The van der Waals surface area contributed by atoms with Crippen LogP contribution in [0, 0.1) is 0 Å². The van der Waals surface area contributed by atoms with Gasteiger partial charge in [-0.05, 0) is 63.9 Å². The van der Waals surface area contributed by atoms with Crippen LogP contribution in [-0.4, -0.2) is 68.5 Å². The summed E-state index contributed by atoms with van der Waals surface area (Å²) in [6, 6.07) is 12.0. The second-order valence-electron chi connectivity index (χ2n) is 11.7. The molecule has 1 saturated carbocycles. The van der Waals surface area contributed by atoms with Crippen LogP contribution in [0.15, 0.2) is 65.6 Å². The molecule has 2 aromatic rings. The molecule has 0 unspecified atom stereocenters. The summed E-state index contributed by atoms with van der Waals surface area (Å²) in [4.78, 5) is 40.8. The number of fused-ring (bicyclic) bond motifs is 3. The van der Waals surface area contributed by atoms with E-state index in [0.29, 0.717) is 18.5 Å². The highest BCUT2D eigenvalue weighted by molar-refractivity contribution is 7.92. The Balaban J connectivity index is 1.74. The van der Waals surface area contributed by atoms with Crippen molar-refractivity contribution in [3.8, 4) is 0 Å². The van der Waals surface area contributed by atoms with Crippen LogP contribution in [0.4, 0.5) is 10.5 Å². The van der Waals surface area contributed by atoms with Gasteiger partial charge in [0.15, 0.2) is 0 Å². The van der Waals surface area contributed by atoms with Gasteiger partial charge in [0.2, 0.25) is 5.91 Å². The fourth-order valence-corrected chi connectivity index (χ4v) is 6.74. The number of nitrogens with zero attached hydrogens (tertiary/aromatic N) is 2. The van der Waals surface area contributed by atoms with E-state index in [0.717, 1.165) is 12.8 Å². The average molecular weight is 631 g/mol. The van der Waals surface area contributed by atoms with Crippen molar-refractivity contribution in [1.29, 1.82) is 0 Å². The molecule has 2 aromatic carbocycles. The Kier molecular flexibility index (Phi) is 10.4. The van der Waals surface area contributed by atoms with Crippen LogP contribution in [0.5, 0.6) is 0 Å². The van der Waals surface area contributed by atoms with Crippen LogP contribution in [0.1, 0.15) is 63.2 Å². The zero-order chi connectivity index (χ0) is 31.2. The third-order valence-corrected chi connectivity index (χ3v) is 9.39. The lowest BCUT2D eigenvalue weighted by molar-refractivity contribution is -0.122. The lowest BCUT2D eigenvalue weighted by Crippen LogP contribution is -2.53. The minimum atomic E-state index is -4.14. The largest absolute Gasteiger partial charge is 0.444 e. The number of para-hydroxylation sites is 1. The number of anilines is 1. The van der Waals surface area contributed by atoms with Crippen molar-refractivity contribution >= 4 is 45.2 Å². The molecule has 2 bridgehead atoms. The van der Waals surface area contributed by atoms with E-state index in [9.17, 15) is 22.8 Å². The first-order chi connectivity index (χ1) is 20.3. The number of carbonyl (C=O) groups is 3. The van der Waals surface area contributed by atoms with Crippen molar-refractivity contribution in [2.24, 2.45) is 0 Å². The van der Waals surface area contributed by atoms with E-state index in [2.05, 4.69) is 10.6 Å². The molecule has 2 atom stereocenters. The van der Waals surface area contributed by atoms with Crippen LogP contribution in [0.25, 0.3) is 0 Å². The van der Waals surface area contributed by atoms with E-state index >= 15 is 0 Å². The van der Waals surface area contributed by atoms with Gasteiger partial charge in [-0.2, -0.15) is 0 Å². The van der Waals surface area contributed by atoms with E-state index in [1.54, 1.807) is 63.3 Å². The van der Waals surface area contributed by atoms with Crippen molar-refractivity contribution in [3.05, 3.63) is 71.3 Å². The molecule has 43 heavy (non-hydrogen) atoms. The summed E-state index contributed by atoms with van der Waals surface area (Å²) in [6.45, 7) is 5.44. The molecule has 2 N–H and O–H groups in total. The Morgan fingerprint density at radius 3 is 2.28 bits per heavy atom. The van der Waals surface area contributed by atoms with E-state index < -0.39 is 27.6 Å². The van der Waals surface area contributed by atoms with Crippen LogP contribution < -0.4 is 14.9 Å². The Morgan fingerprint density at radius 1 is 0.953 bits per heavy atom. The maximum Gasteiger partial charge on any atom is 0.410 e. The highest BCUT2D eigenvalue weighted by Crippen LogP contribution is 2.28. The molecule has 12 heteroatoms. The van der Waals surface area contributed by atoms with Crippen LogP contribution in [0.3, 0.4) is 0 Å². The van der Waals surface area contributed by atoms with Gasteiger partial charge in [0.05, 0.1) is 27.7 Å². The van der Waals surface area contributed by atoms with Crippen molar-refractivity contribution in [3.63, 3.8) is 0 Å². The number of rotatable bonds is 1. The van der Waals surface area contributed by atoms with Gasteiger partial charge in [-0.25, -0.2) is 13.2 Å². The molecule has 0 spiro atoms. The van der Waals surface area contributed by atoms with E-state index in [-0.39, 0.29) is 59.5 Å². The number of nitrogens with one attached hydrogen (secondary N) is 2. The topological polar surface area (TPSA) is 125 Å². The number of halogens is 1. The molecular formula is C31H39ClN4O6S. The molecule has 0 radical (unpaired) electrons. The first-order valence-corrected chi connectivity index (χ1v) is 16.3. The molecule has 1 aliphatic heterocycles. The number of carbonyl (C=O) groups excluding carboxylic acids is 3. The predicted octanol–water partition coefficient (Wildman–Crippen LogP) is 4.89. The van der Waals surface area contributed by atoms with Crippen molar-refractivity contribution in [1.82, 2.24) is 15.5 Å². The van der Waals surface area contributed by atoms with Gasteiger partial charge in [0, 0.05) is 31.6 Å². The van der Waals surface area contributed by atoms with Crippen LogP contribution in [0.2, 0.25) is 5.02 Å². The molecule has 1 aliphatic carbocycles.